The van der Waals surface area contributed by atoms with Crippen molar-refractivity contribution in [1.82, 2.24) is 4.90 Å². The fraction of sp³-hybridized carbons (Fsp3) is 0.400. The lowest BCUT2D eigenvalue weighted by Gasteiger charge is -2.16. The smallest absolute Gasteiger partial charge is 0.338 e. The Bertz CT molecular complexity index is 365. The van der Waals surface area contributed by atoms with E-state index in [-0.39, 0.29) is 17.2 Å². The number of carboxylic acids is 1. The van der Waals surface area contributed by atoms with Crippen molar-refractivity contribution >= 4 is 11.9 Å². The monoisotopic (exact) mass is 211 g/mol. The van der Waals surface area contributed by atoms with Crippen molar-refractivity contribution in [2.45, 2.75) is 13.8 Å². The van der Waals surface area contributed by atoms with E-state index in [1.165, 1.54) is 6.07 Å². The zero-order valence-electron chi connectivity index (χ0n) is 8.69. The fourth-order valence-electron chi connectivity index (χ4n) is 1.23. The quantitative estimate of drug-likeness (QED) is 0.818. The maximum absolute atomic E-state index is 11.7. The van der Waals surface area contributed by atoms with Gasteiger partial charge in [-0.2, -0.15) is 0 Å². The lowest BCUT2D eigenvalue weighted by molar-refractivity contribution is 0.0694. The third kappa shape index (κ3) is 2.37. The molecule has 1 rings (SSSR count). The van der Waals surface area contributed by atoms with Crippen LogP contribution in [0.3, 0.4) is 0 Å². The first-order valence-electron chi connectivity index (χ1n) is 4.71. The maximum Gasteiger partial charge on any atom is 0.338 e. The molecule has 0 spiro atoms. The average molecular weight is 211 g/mol. The molecule has 0 unspecified atom stereocenters. The summed E-state index contributed by atoms with van der Waals surface area (Å²) in [4.78, 5) is 23.8. The van der Waals surface area contributed by atoms with Gasteiger partial charge in [0.2, 0.25) is 0 Å². The molecule has 0 radical (unpaired) electrons. The largest absolute Gasteiger partial charge is 0.478 e. The van der Waals surface area contributed by atoms with Crippen LogP contribution in [0.4, 0.5) is 0 Å². The first-order chi connectivity index (χ1) is 7.10. The van der Waals surface area contributed by atoms with Crippen LogP contribution in [-0.4, -0.2) is 35.0 Å². The summed E-state index contributed by atoms with van der Waals surface area (Å²) < 4.78 is 4.90. The van der Waals surface area contributed by atoms with Crippen molar-refractivity contribution < 1.29 is 19.1 Å². The average Bonchev–Trinajstić information content (AvgIpc) is 2.68. The molecule has 1 heterocycles. The van der Waals surface area contributed by atoms with Crippen LogP contribution in [0.2, 0.25) is 0 Å². The van der Waals surface area contributed by atoms with E-state index >= 15 is 0 Å². The van der Waals surface area contributed by atoms with Gasteiger partial charge < -0.3 is 14.4 Å². The van der Waals surface area contributed by atoms with Crippen molar-refractivity contribution in [3.8, 4) is 0 Å². The molecule has 0 aliphatic carbocycles. The number of hydrogen-bond acceptors (Lipinski definition) is 3. The summed E-state index contributed by atoms with van der Waals surface area (Å²) in [6.07, 6.45) is 1.07. The van der Waals surface area contributed by atoms with Gasteiger partial charge in [-0.05, 0) is 13.8 Å². The molecule has 5 heteroatoms. The van der Waals surface area contributed by atoms with Crippen LogP contribution in [0.1, 0.15) is 34.8 Å². The summed E-state index contributed by atoms with van der Waals surface area (Å²) in [5.41, 5.74) is -0.00879. The van der Waals surface area contributed by atoms with E-state index in [1.807, 2.05) is 13.8 Å². The summed E-state index contributed by atoms with van der Waals surface area (Å²) >= 11 is 0. The van der Waals surface area contributed by atoms with E-state index in [9.17, 15) is 9.59 Å². The Labute approximate surface area is 87.3 Å². The number of hydrogen-bond donors (Lipinski definition) is 1. The van der Waals surface area contributed by atoms with Gasteiger partial charge in [0, 0.05) is 19.2 Å². The van der Waals surface area contributed by atoms with Crippen LogP contribution in [0, 0.1) is 0 Å². The summed E-state index contributed by atoms with van der Waals surface area (Å²) in [6, 6.07) is 1.24. The molecule has 0 saturated carbocycles. The molecule has 0 bridgehead atoms. The van der Waals surface area contributed by atoms with Gasteiger partial charge in [0.15, 0.2) is 5.76 Å². The highest BCUT2D eigenvalue weighted by Crippen LogP contribution is 2.10. The number of rotatable bonds is 4. The van der Waals surface area contributed by atoms with Gasteiger partial charge in [-0.1, -0.05) is 0 Å². The van der Waals surface area contributed by atoms with E-state index in [2.05, 4.69) is 0 Å². The molecule has 1 aromatic heterocycles. The molecule has 0 saturated heterocycles. The number of carbonyl (C=O) groups is 2. The number of carbonyl (C=O) groups excluding carboxylic acids is 1. The van der Waals surface area contributed by atoms with E-state index in [0.717, 1.165) is 6.26 Å². The number of aromatic carboxylic acids is 1. The topological polar surface area (TPSA) is 70.8 Å². The highest BCUT2D eigenvalue weighted by atomic mass is 16.4. The lowest BCUT2D eigenvalue weighted by atomic mass is 10.3. The summed E-state index contributed by atoms with van der Waals surface area (Å²) in [7, 11) is 0. The zero-order valence-corrected chi connectivity index (χ0v) is 8.69. The summed E-state index contributed by atoms with van der Waals surface area (Å²) in [6.45, 7) is 4.84. The van der Waals surface area contributed by atoms with Crippen molar-refractivity contribution in [2.75, 3.05) is 13.1 Å². The number of nitrogens with zero attached hydrogens (tertiary/aromatic N) is 1. The lowest BCUT2D eigenvalue weighted by Crippen LogP contribution is -2.30. The van der Waals surface area contributed by atoms with Gasteiger partial charge in [0.25, 0.3) is 5.91 Å². The van der Waals surface area contributed by atoms with E-state index in [1.54, 1.807) is 4.90 Å². The van der Waals surface area contributed by atoms with Crippen LogP contribution in [0.15, 0.2) is 16.7 Å². The Hall–Kier alpha value is -1.78. The fourth-order valence-corrected chi connectivity index (χ4v) is 1.23. The van der Waals surface area contributed by atoms with E-state index < -0.39 is 5.97 Å². The van der Waals surface area contributed by atoms with Crippen LogP contribution >= 0.6 is 0 Å². The minimum atomic E-state index is -1.10. The molecule has 1 amide bonds. The van der Waals surface area contributed by atoms with E-state index in [0.29, 0.717) is 13.1 Å². The molecular formula is C10H13NO4. The standard InChI is InChI=1S/C10H13NO4/c1-3-11(4-2)9(12)8-5-7(6-15-8)10(13)14/h5-6H,3-4H2,1-2H3,(H,13,14). The second-order valence-corrected chi connectivity index (χ2v) is 2.98. The Kier molecular flexibility index (Phi) is 3.49. The van der Waals surface area contributed by atoms with Gasteiger partial charge in [0.05, 0.1) is 5.56 Å². The summed E-state index contributed by atoms with van der Waals surface area (Å²) in [5, 5.41) is 8.65. The highest BCUT2D eigenvalue weighted by Gasteiger charge is 2.18. The minimum Gasteiger partial charge on any atom is -0.478 e. The molecule has 82 valence electrons. The third-order valence-electron chi connectivity index (χ3n) is 2.11. The predicted octanol–water partition coefficient (Wildman–Crippen LogP) is 1.46. The van der Waals surface area contributed by atoms with Crippen LogP contribution in [-0.2, 0) is 0 Å². The Balaban J connectivity index is 2.86. The number of amides is 1. The summed E-state index contributed by atoms with van der Waals surface area (Å²) in [5.74, 6) is -1.32. The van der Waals surface area contributed by atoms with Crippen molar-refractivity contribution in [3.63, 3.8) is 0 Å². The van der Waals surface area contributed by atoms with Gasteiger partial charge >= 0.3 is 5.97 Å². The number of furan rings is 1. The number of carboxylic acid groups (broad SMARTS) is 1. The second-order valence-electron chi connectivity index (χ2n) is 2.98. The Morgan fingerprint density at radius 3 is 2.40 bits per heavy atom. The van der Waals surface area contributed by atoms with Gasteiger partial charge in [-0.3, -0.25) is 4.79 Å². The highest BCUT2D eigenvalue weighted by molar-refractivity contribution is 5.95. The van der Waals surface area contributed by atoms with Crippen LogP contribution in [0.5, 0.6) is 0 Å². The van der Waals surface area contributed by atoms with Crippen molar-refractivity contribution in [1.29, 1.82) is 0 Å². The maximum atomic E-state index is 11.7. The molecule has 0 fully saturated rings. The molecule has 5 nitrogen and oxygen atoms in total. The first-order valence-corrected chi connectivity index (χ1v) is 4.71. The molecular weight excluding hydrogens is 198 g/mol. The molecule has 1 aromatic rings. The SMILES string of the molecule is CCN(CC)C(=O)c1cc(C(=O)O)co1. The molecule has 0 aliphatic heterocycles. The predicted molar refractivity (Wildman–Crippen MR) is 52.9 cm³/mol. The van der Waals surface area contributed by atoms with Crippen LogP contribution in [0.25, 0.3) is 0 Å². The second kappa shape index (κ2) is 4.63. The third-order valence-corrected chi connectivity index (χ3v) is 2.11. The van der Waals surface area contributed by atoms with Gasteiger partial charge in [0.1, 0.15) is 6.26 Å². The van der Waals surface area contributed by atoms with Crippen molar-refractivity contribution in [3.05, 3.63) is 23.7 Å². The van der Waals surface area contributed by atoms with Crippen molar-refractivity contribution in [2.24, 2.45) is 0 Å². The minimum absolute atomic E-state index is 0.00879. The van der Waals surface area contributed by atoms with E-state index in [4.69, 9.17) is 9.52 Å². The van der Waals surface area contributed by atoms with Gasteiger partial charge in [-0.25, -0.2) is 4.79 Å². The molecule has 0 aromatic carbocycles. The molecule has 15 heavy (non-hydrogen) atoms. The molecule has 1 N–H and O–H groups in total. The molecule has 0 atom stereocenters. The first kappa shape index (κ1) is 11.3. The van der Waals surface area contributed by atoms with Crippen LogP contribution < -0.4 is 0 Å². The zero-order chi connectivity index (χ0) is 11.4. The Morgan fingerprint density at radius 2 is 2.00 bits per heavy atom. The normalized spacial score (nSPS) is 10.0. The van der Waals surface area contributed by atoms with Gasteiger partial charge in [-0.15, -0.1) is 0 Å². The Morgan fingerprint density at radius 1 is 1.40 bits per heavy atom. The molecule has 0 aliphatic rings.